The van der Waals surface area contributed by atoms with Crippen molar-refractivity contribution >= 4 is 23.6 Å². The van der Waals surface area contributed by atoms with E-state index in [2.05, 4.69) is 22.3 Å². The Balaban J connectivity index is 1.58. The van der Waals surface area contributed by atoms with E-state index in [1.54, 1.807) is 11.0 Å². The first kappa shape index (κ1) is 16.6. The molecule has 2 aliphatic rings. The average Bonchev–Trinajstić information content (AvgIpc) is 2.89. The Morgan fingerprint density at radius 1 is 1.00 bits per heavy atom. The van der Waals surface area contributed by atoms with E-state index in [0.717, 1.165) is 18.7 Å². The molecule has 2 aliphatic heterocycles. The average molecular weight is 327 g/mol. The van der Waals surface area contributed by atoms with Crippen molar-refractivity contribution in [3.05, 3.63) is 35.9 Å². The molecule has 2 fully saturated rings. The van der Waals surface area contributed by atoms with Crippen molar-refractivity contribution in [3.63, 3.8) is 0 Å². The van der Waals surface area contributed by atoms with Crippen LogP contribution in [0.25, 0.3) is 6.08 Å². The van der Waals surface area contributed by atoms with Crippen LogP contribution in [0, 0.1) is 0 Å². The van der Waals surface area contributed by atoms with Crippen LogP contribution < -0.4 is 10.2 Å². The second-order valence-electron chi connectivity index (χ2n) is 6.44. The van der Waals surface area contributed by atoms with Gasteiger partial charge in [0, 0.05) is 37.9 Å². The van der Waals surface area contributed by atoms with Crippen LogP contribution in [-0.2, 0) is 9.59 Å². The van der Waals surface area contributed by atoms with Gasteiger partial charge in [-0.05, 0) is 36.6 Å². The molecule has 128 valence electrons. The van der Waals surface area contributed by atoms with Gasteiger partial charge in [-0.3, -0.25) is 9.59 Å². The molecule has 2 saturated heterocycles. The van der Waals surface area contributed by atoms with Crippen molar-refractivity contribution in [1.29, 1.82) is 0 Å². The Hall–Kier alpha value is -2.30. The lowest BCUT2D eigenvalue weighted by Crippen LogP contribution is -2.49. The molecule has 1 aromatic carbocycles. The number of carbonyl (C=O) groups is 2. The quantitative estimate of drug-likeness (QED) is 0.865. The third-order valence-corrected chi connectivity index (χ3v) is 4.63. The number of carbonyl (C=O) groups excluding carboxylic acids is 2. The number of rotatable bonds is 3. The third-order valence-electron chi connectivity index (χ3n) is 4.63. The lowest BCUT2D eigenvalue weighted by Gasteiger charge is -2.25. The van der Waals surface area contributed by atoms with Crippen LogP contribution in [0.3, 0.4) is 0 Å². The van der Waals surface area contributed by atoms with E-state index in [1.807, 2.05) is 18.2 Å². The van der Waals surface area contributed by atoms with Gasteiger partial charge in [-0.2, -0.15) is 0 Å². The molecule has 24 heavy (non-hydrogen) atoms. The predicted molar refractivity (Wildman–Crippen MR) is 95.7 cm³/mol. The van der Waals surface area contributed by atoms with Crippen LogP contribution in [0.15, 0.2) is 30.3 Å². The summed E-state index contributed by atoms with van der Waals surface area (Å²) in [6.07, 6.45) is 8.56. The first-order chi connectivity index (χ1) is 11.7. The van der Waals surface area contributed by atoms with E-state index in [9.17, 15) is 9.59 Å². The maximum Gasteiger partial charge on any atom is 0.247 e. The maximum absolute atomic E-state index is 12.1. The normalized spacial score (nSPS) is 19.2. The minimum absolute atomic E-state index is 0.0928. The van der Waals surface area contributed by atoms with Gasteiger partial charge < -0.3 is 15.1 Å². The molecule has 2 heterocycles. The predicted octanol–water partition coefficient (Wildman–Crippen LogP) is 2.04. The van der Waals surface area contributed by atoms with Gasteiger partial charge in [0.1, 0.15) is 0 Å². The minimum Gasteiger partial charge on any atom is -0.372 e. The topological polar surface area (TPSA) is 52.7 Å². The highest BCUT2D eigenvalue weighted by Gasteiger charge is 2.18. The van der Waals surface area contributed by atoms with Gasteiger partial charge in [0.05, 0.1) is 6.54 Å². The van der Waals surface area contributed by atoms with E-state index in [1.165, 1.54) is 31.4 Å². The molecule has 3 rings (SSSR count). The van der Waals surface area contributed by atoms with Gasteiger partial charge in [0.25, 0.3) is 0 Å². The second-order valence-corrected chi connectivity index (χ2v) is 6.44. The molecule has 2 amide bonds. The van der Waals surface area contributed by atoms with Crippen molar-refractivity contribution < 1.29 is 9.59 Å². The van der Waals surface area contributed by atoms with Gasteiger partial charge in [-0.15, -0.1) is 0 Å². The smallest absolute Gasteiger partial charge is 0.247 e. The molecule has 5 heteroatoms. The molecule has 0 saturated carbocycles. The summed E-state index contributed by atoms with van der Waals surface area (Å²) in [6.45, 7) is 3.51. The molecule has 0 bridgehead atoms. The third kappa shape index (κ3) is 4.37. The van der Waals surface area contributed by atoms with Gasteiger partial charge in [-0.1, -0.05) is 25.0 Å². The summed E-state index contributed by atoms with van der Waals surface area (Å²) in [5.41, 5.74) is 2.26. The standard InChI is InChI=1S/C19H25N3O2/c23-18-15-22(14-11-20-18)19(24)10-7-16-5-8-17(9-6-16)21-12-3-1-2-4-13-21/h5-10H,1-4,11-15H2,(H,20,23)/b10-7+. The van der Waals surface area contributed by atoms with E-state index in [4.69, 9.17) is 0 Å². The zero-order valence-electron chi connectivity index (χ0n) is 14.0. The highest BCUT2D eigenvalue weighted by atomic mass is 16.2. The van der Waals surface area contributed by atoms with Crippen molar-refractivity contribution in [2.75, 3.05) is 37.6 Å². The van der Waals surface area contributed by atoms with Crippen LogP contribution in [0.5, 0.6) is 0 Å². The molecule has 1 N–H and O–H groups in total. The first-order valence-corrected chi connectivity index (χ1v) is 8.81. The molecular formula is C19H25N3O2. The van der Waals surface area contributed by atoms with Crippen LogP contribution in [-0.4, -0.2) is 49.4 Å². The lowest BCUT2D eigenvalue weighted by atomic mass is 10.1. The van der Waals surface area contributed by atoms with Crippen molar-refractivity contribution in [2.24, 2.45) is 0 Å². The summed E-state index contributed by atoms with van der Waals surface area (Å²) in [4.78, 5) is 27.5. The summed E-state index contributed by atoms with van der Waals surface area (Å²) < 4.78 is 0. The van der Waals surface area contributed by atoms with Crippen molar-refractivity contribution in [2.45, 2.75) is 25.7 Å². The fraction of sp³-hybridized carbons (Fsp3) is 0.474. The molecule has 0 atom stereocenters. The number of hydrogen-bond acceptors (Lipinski definition) is 3. The Morgan fingerprint density at radius 3 is 2.38 bits per heavy atom. The zero-order valence-corrected chi connectivity index (χ0v) is 14.0. The van der Waals surface area contributed by atoms with Crippen molar-refractivity contribution in [3.8, 4) is 0 Å². The Kier molecular flexibility index (Phi) is 5.51. The van der Waals surface area contributed by atoms with Gasteiger partial charge in [0.2, 0.25) is 11.8 Å². The SMILES string of the molecule is O=C1CN(C(=O)/C=C/c2ccc(N3CCCCCC3)cc2)CCN1. The fourth-order valence-electron chi connectivity index (χ4n) is 3.22. The molecule has 5 nitrogen and oxygen atoms in total. The Labute approximate surface area is 143 Å². The number of piperazine rings is 1. The Bertz CT molecular complexity index is 602. The molecule has 0 unspecified atom stereocenters. The maximum atomic E-state index is 12.1. The lowest BCUT2D eigenvalue weighted by molar-refractivity contribution is -0.134. The molecule has 0 aromatic heterocycles. The summed E-state index contributed by atoms with van der Waals surface area (Å²) in [5, 5.41) is 2.72. The highest BCUT2D eigenvalue weighted by Crippen LogP contribution is 2.20. The van der Waals surface area contributed by atoms with Crippen LogP contribution >= 0.6 is 0 Å². The monoisotopic (exact) mass is 327 g/mol. The summed E-state index contributed by atoms with van der Waals surface area (Å²) in [7, 11) is 0. The van der Waals surface area contributed by atoms with E-state index in [0.29, 0.717) is 13.1 Å². The van der Waals surface area contributed by atoms with Crippen LogP contribution in [0.1, 0.15) is 31.2 Å². The van der Waals surface area contributed by atoms with E-state index in [-0.39, 0.29) is 18.4 Å². The largest absolute Gasteiger partial charge is 0.372 e. The number of nitrogens with one attached hydrogen (secondary N) is 1. The zero-order chi connectivity index (χ0) is 16.8. The van der Waals surface area contributed by atoms with Crippen LogP contribution in [0.4, 0.5) is 5.69 Å². The summed E-state index contributed by atoms with van der Waals surface area (Å²) in [6, 6.07) is 8.35. The molecular weight excluding hydrogens is 302 g/mol. The highest BCUT2D eigenvalue weighted by molar-refractivity contribution is 5.95. The summed E-state index contributed by atoms with van der Waals surface area (Å²) in [5.74, 6) is -0.203. The molecule has 0 aliphatic carbocycles. The minimum atomic E-state index is -0.110. The summed E-state index contributed by atoms with van der Waals surface area (Å²) >= 11 is 0. The number of hydrogen-bond donors (Lipinski definition) is 1. The van der Waals surface area contributed by atoms with E-state index >= 15 is 0 Å². The van der Waals surface area contributed by atoms with Gasteiger partial charge in [0.15, 0.2) is 0 Å². The Morgan fingerprint density at radius 2 is 1.71 bits per heavy atom. The molecule has 1 aromatic rings. The van der Waals surface area contributed by atoms with Gasteiger partial charge in [-0.25, -0.2) is 0 Å². The number of amides is 2. The fourth-order valence-corrected chi connectivity index (χ4v) is 3.22. The number of nitrogens with zero attached hydrogens (tertiary/aromatic N) is 2. The van der Waals surface area contributed by atoms with Crippen LogP contribution in [0.2, 0.25) is 0 Å². The van der Waals surface area contributed by atoms with Gasteiger partial charge >= 0.3 is 0 Å². The second kappa shape index (κ2) is 7.99. The molecule has 0 radical (unpaired) electrons. The number of anilines is 1. The number of benzene rings is 1. The molecule has 0 spiro atoms. The first-order valence-electron chi connectivity index (χ1n) is 8.81. The van der Waals surface area contributed by atoms with E-state index < -0.39 is 0 Å². The van der Waals surface area contributed by atoms with Crippen molar-refractivity contribution in [1.82, 2.24) is 10.2 Å².